The van der Waals surface area contributed by atoms with Gasteiger partial charge in [-0.2, -0.15) is 0 Å². The Morgan fingerprint density at radius 1 is 0.796 bits per heavy atom. The fourth-order valence-corrected chi connectivity index (χ4v) is 8.72. The molecule has 0 fully saturated rings. The van der Waals surface area contributed by atoms with E-state index in [2.05, 4.69) is 90.1 Å². The molecule has 4 nitrogen and oxygen atoms in total. The largest absolute Gasteiger partial charge is 0 e. The van der Waals surface area contributed by atoms with Gasteiger partial charge in [-0.1, -0.05) is 33.8 Å². The first-order valence-electron chi connectivity index (χ1n) is 17.4. The monoisotopic (exact) mass is 893 g/mol. The molecule has 0 bridgehead atoms. The summed E-state index contributed by atoms with van der Waals surface area (Å²) in [5.74, 6) is 7.85. The van der Waals surface area contributed by atoms with Gasteiger partial charge in [0.2, 0.25) is 0 Å². The van der Waals surface area contributed by atoms with Crippen LogP contribution in [-0.2, 0) is 24.9 Å². The molecule has 0 atom stereocenters. The van der Waals surface area contributed by atoms with Gasteiger partial charge >= 0.3 is 191 Å². The van der Waals surface area contributed by atoms with Gasteiger partial charge in [-0.15, -0.1) is 0 Å². The van der Waals surface area contributed by atoms with Crippen LogP contribution in [0.4, 0.5) is 0 Å². The predicted molar refractivity (Wildman–Crippen MR) is 206 cm³/mol. The van der Waals surface area contributed by atoms with E-state index < -0.39 is 13.3 Å². The number of para-hydroxylation sites is 1. The minimum atomic E-state index is -1.98. The number of benzene rings is 4. The van der Waals surface area contributed by atoms with Crippen LogP contribution < -0.4 is 4.40 Å². The molecular formula is C43H48GeIrNO3-. The van der Waals surface area contributed by atoms with Crippen LogP contribution in [0.25, 0.3) is 55.2 Å². The molecule has 4 aromatic carbocycles. The maximum atomic E-state index is 11.7. The van der Waals surface area contributed by atoms with E-state index in [4.69, 9.17) is 9.40 Å². The van der Waals surface area contributed by atoms with Crippen molar-refractivity contribution < 1.29 is 34.4 Å². The number of aliphatic hydroxyl groups is 1. The van der Waals surface area contributed by atoms with E-state index in [0.717, 1.165) is 64.4 Å². The van der Waals surface area contributed by atoms with Crippen molar-refractivity contribution in [3.05, 3.63) is 109 Å². The molecule has 0 amide bonds. The van der Waals surface area contributed by atoms with Crippen molar-refractivity contribution in [2.75, 3.05) is 0 Å². The van der Waals surface area contributed by atoms with Gasteiger partial charge in [-0.25, -0.2) is 0 Å². The van der Waals surface area contributed by atoms with Crippen molar-refractivity contribution in [2.24, 2.45) is 11.8 Å². The number of furan rings is 1. The fraction of sp³-hybridized carbons (Fsp3) is 0.302. The van der Waals surface area contributed by atoms with Crippen LogP contribution in [0.15, 0.2) is 107 Å². The zero-order valence-electron chi connectivity index (χ0n) is 29.8. The van der Waals surface area contributed by atoms with Gasteiger partial charge in [0.25, 0.3) is 0 Å². The van der Waals surface area contributed by atoms with Crippen LogP contribution in [0.5, 0.6) is 0 Å². The molecule has 0 spiro atoms. The maximum Gasteiger partial charge on any atom is 0 e. The molecule has 6 heteroatoms. The van der Waals surface area contributed by atoms with Crippen LogP contribution in [0, 0.1) is 17.9 Å². The average molecular weight is 892 g/mol. The minimum absolute atomic E-state index is 0. The Balaban J connectivity index is 0.000000290. The number of carbonyl (C=O) groups is 1. The normalized spacial score (nSPS) is 12.0. The Hall–Kier alpha value is -3.51. The first kappa shape index (κ1) is 38.3. The van der Waals surface area contributed by atoms with Crippen molar-refractivity contribution in [1.82, 2.24) is 4.98 Å². The van der Waals surface area contributed by atoms with Gasteiger partial charge in [0, 0.05) is 38.0 Å². The van der Waals surface area contributed by atoms with E-state index in [9.17, 15) is 9.90 Å². The summed E-state index contributed by atoms with van der Waals surface area (Å²) in [5.41, 5.74) is 7.10. The molecule has 0 unspecified atom stereocenters. The summed E-state index contributed by atoms with van der Waals surface area (Å²) in [6.45, 7) is 8.07. The SMILES string of the molecule is CCC(CC)C(=O)/C=C(\O)C(CC)CC.[CH3][Ge]([CH3])([CH3])[c]1ccc2nc(-c3[c-]cc4oc5ccccc5c4c3)cc(-c3ccccc3)c2c1.[Ir]. The van der Waals surface area contributed by atoms with Gasteiger partial charge < -0.3 is 5.11 Å². The van der Waals surface area contributed by atoms with Crippen molar-refractivity contribution >= 4 is 56.3 Å². The predicted octanol–water partition coefficient (Wildman–Crippen LogP) is 11.7. The number of hydrogen-bond donors (Lipinski definition) is 1. The third kappa shape index (κ3) is 8.81. The molecule has 0 aliphatic rings. The Labute approximate surface area is 307 Å². The Bertz CT molecular complexity index is 2050. The van der Waals surface area contributed by atoms with Crippen LogP contribution in [-0.4, -0.2) is 29.1 Å². The number of ketones is 1. The second kappa shape index (κ2) is 16.9. The number of carbonyl (C=O) groups excluding carboxylic acids is 1. The van der Waals surface area contributed by atoms with Gasteiger partial charge in [-0.3, -0.25) is 4.79 Å². The fourth-order valence-electron chi connectivity index (χ4n) is 6.28. The number of aromatic nitrogens is 1. The molecule has 1 radical (unpaired) electrons. The maximum absolute atomic E-state index is 11.7. The summed E-state index contributed by atoms with van der Waals surface area (Å²) in [4.78, 5) is 16.8. The Kier molecular flexibility index (Phi) is 13.2. The molecule has 6 rings (SSSR count). The number of allylic oxidation sites excluding steroid dienone is 2. The molecule has 0 aliphatic heterocycles. The van der Waals surface area contributed by atoms with Gasteiger partial charge in [0.1, 0.15) is 0 Å². The minimum Gasteiger partial charge on any atom is 0 e. The van der Waals surface area contributed by atoms with E-state index in [1.807, 2.05) is 52.0 Å². The Morgan fingerprint density at radius 2 is 1.45 bits per heavy atom. The van der Waals surface area contributed by atoms with Gasteiger partial charge in [-0.05, 0) is 25.7 Å². The summed E-state index contributed by atoms with van der Waals surface area (Å²) in [5, 5.41) is 13.2. The summed E-state index contributed by atoms with van der Waals surface area (Å²) in [6, 6.07) is 35.4. The third-order valence-corrected chi connectivity index (χ3v) is 13.7. The average Bonchev–Trinajstić information content (AvgIpc) is 3.47. The summed E-state index contributed by atoms with van der Waals surface area (Å²) >= 11 is -1.98. The summed E-state index contributed by atoms with van der Waals surface area (Å²) in [6.07, 6.45) is 4.91. The van der Waals surface area contributed by atoms with Crippen molar-refractivity contribution in [1.29, 1.82) is 0 Å². The molecule has 2 heterocycles. The van der Waals surface area contributed by atoms with E-state index >= 15 is 0 Å². The van der Waals surface area contributed by atoms with Crippen molar-refractivity contribution in [3.63, 3.8) is 0 Å². The zero-order valence-corrected chi connectivity index (χ0v) is 34.3. The van der Waals surface area contributed by atoms with E-state index in [1.54, 1.807) is 0 Å². The number of pyridine rings is 1. The van der Waals surface area contributed by atoms with Crippen LogP contribution >= 0.6 is 0 Å². The molecule has 2 aromatic heterocycles. The van der Waals surface area contributed by atoms with E-state index in [0.29, 0.717) is 0 Å². The van der Waals surface area contributed by atoms with Crippen LogP contribution in [0.3, 0.4) is 0 Å². The first-order valence-corrected chi connectivity index (χ1v) is 24.7. The molecular weight excluding hydrogens is 843 g/mol. The second-order valence-corrected chi connectivity index (χ2v) is 24.3. The zero-order chi connectivity index (χ0) is 34.4. The standard InChI is InChI=1S/C30H24GeNO.C13H24O2.Ir/c1-31(2,3)22-14-15-27-25(18-22)24(20-9-5-4-6-10-20)19-28(32-27)21-13-16-30-26(17-21)23-11-7-8-12-29(23)33-30;1-5-10(6-2)12(14)9-13(15)11(7-3)8-4;/h4-12,14-19H,1-3H3;9-11,14H,5-8H2,1-4H3;/q-1;;/b;12-9-;. The second-order valence-electron chi connectivity index (χ2n) is 13.6. The molecule has 49 heavy (non-hydrogen) atoms. The van der Waals surface area contributed by atoms with Crippen molar-refractivity contribution in [3.8, 4) is 22.4 Å². The Morgan fingerprint density at radius 3 is 2.10 bits per heavy atom. The van der Waals surface area contributed by atoms with Crippen LogP contribution in [0.1, 0.15) is 53.4 Å². The van der Waals surface area contributed by atoms with E-state index in [-0.39, 0.29) is 43.5 Å². The quantitative estimate of drug-likeness (QED) is 0.0644. The first-order chi connectivity index (χ1) is 23.1. The summed E-state index contributed by atoms with van der Waals surface area (Å²) in [7, 11) is 0. The van der Waals surface area contributed by atoms with E-state index in [1.165, 1.54) is 27.0 Å². The summed E-state index contributed by atoms with van der Waals surface area (Å²) < 4.78 is 7.50. The molecule has 257 valence electrons. The number of aliphatic hydroxyl groups excluding tert-OH is 1. The van der Waals surface area contributed by atoms with Gasteiger partial charge in [0.15, 0.2) is 5.78 Å². The smallest absolute Gasteiger partial charge is 0 e. The third-order valence-electron chi connectivity index (χ3n) is 9.43. The molecule has 6 aromatic rings. The topological polar surface area (TPSA) is 63.3 Å². The van der Waals surface area contributed by atoms with Crippen molar-refractivity contribution in [2.45, 2.75) is 70.6 Å². The number of rotatable bonds is 10. The van der Waals surface area contributed by atoms with Gasteiger partial charge in [0.05, 0.1) is 5.76 Å². The number of hydrogen-bond acceptors (Lipinski definition) is 4. The molecule has 0 saturated carbocycles. The molecule has 1 N–H and O–H groups in total. The molecule has 0 saturated heterocycles. The number of fused-ring (bicyclic) bond motifs is 4. The molecule has 0 aliphatic carbocycles. The number of nitrogens with zero attached hydrogens (tertiary/aromatic N) is 1. The van der Waals surface area contributed by atoms with Crippen LogP contribution in [0.2, 0.25) is 17.3 Å².